The maximum absolute atomic E-state index is 5.74. The van der Waals surface area contributed by atoms with Gasteiger partial charge in [-0.25, -0.2) is 0 Å². The molecule has 2 heteroatoms. The largest absolute Gasteiger partial charge is 0.330 e. The third kappa shape index (κ3) is 4.59. The third-order valence-corrected chi connectivity index (χ3v) is 4.85. The van der Waals surface area contributed by atoms with E-state index in [-0.39, 0.29) is 0 Å². The van der Waals surface area contributed by atoms with Crippen LogP contribution in [0.2, 0.25) is 0 Å². The smallest absolute Gasteiger partial charge is 0.00671 e. The quantitative estimate of drug-likeness (QED) is 0.739. The molecular weight excluding hydrogens is 208 g/mol. The van der Waals surface area contributed by atoms with Crippen molar-refractivity contribution in [2.24, 2.45) is 17.6 Å². The number of hydrogen-bond acceptors (Lipinski definition) is 2. The van der Waals surface area contributed by atoms with E-state index in [0.29, 0.717) is 0 Å². The standard InChI is InChI=1S/C15H30N2/c16-11-13-7-9-14(10-8-13)12-17-15-5-3-1-2-4-6-15/h13-15,17H,1-12,16H2. The Morgan fingerprint density at radius 1 is 0.765 bits per heavy atom. The molecular formula is C15H30N2. The molecule has 100 valence electrons. The Hall–Kier alpha value is -0.0800. The molecule has 3 N–H and O–H groups in total. The predicted octanol–water partition coefficient (Wildman–Crippen LogP) is 3.06. The first-order valence-corrected chi connectivity index (χ1v) is 7.82. The summed E-state index contributed by atoms with van der Waals surface area (Å²) in [6.07, 6.45) is 14.2. The van der Waals surface area contributed by atoms with Gasteiger partial charge in [0.1, 0.15) is 0 Å². The highest BCUT2D eigenvalue weighted by atomic mass is 14.9. The Balaban J connectivity index is 1.61. The molecule has 0 heterocycles. The molecule has 0 aliphatic heterocycles. The number of nitrogens with one attached hydrogen (secondary N) is 1. The molecule has 2 aliphatic rings. The molecule has 0 bridgehead atoms. The molecule has 0 unspecified atom stereocenters. The Morgan fingerprint density at radius 2 is 1.35 bits per heavy atom. The lowest BCUT2D eigenvalue weighted by molar-refractivity contribution is 0.262. The summed E-state index contributed by atoms with van der Waals surface area (Å²) in [4.78, 5) is 0. The van der Waals surface area contributed by atoms with Gasteiger partial charge in [-0.3, -0.25) is 0 Å². The van der Waals surface area contributed by atoms with E-state index in [1.165, 1.54) is 70.8 Å². The maximum atomic E-state index is 5.74. The number of hydrogen-bond donors (Lipinski definition) is 2. The van der Waals surface area contributed by atoms with Crippen LogP contribution in [0.15, 0.2) is 0 Å². The van der Waals surface area contributed by atoms with E-state index in [4.69, 9.17) is 5.73 Å². The molecule has 17 heavy (non-hydrogen) atoms. The Labute approximate surface area is 107 Å². The van der Waals surface area contributed by atoms with Crippen LogP contribution >= 0.6 is 0 Å². The highest BCUT2D eigenvalue weighted by molar-refractivity contribution is 4.77. The van der Waals surface area contributed by atoms with Crippen LogP contribution in [0.5, 0.6) is 0 Å². The zero-order chi connectivity index (χ0) is 11.9. The second-order valence-electron chi connectivity index (χ2n) is 6.22. The molecule has 2 saturated carbocycles. The summed E-state index contributed by atoms with van der Waals surface area (Å²) in [6, 6.07) is 0.824. The molecule has 0 aromatic rings. The first-order chi connectivity index (χ1) is 8.38. The van der Waals surface area contributed by atoms with Crippen molar-refractivity contribution in [1.29, 1.82) is 0 Å². The lowest BCUT2D eigenvalue weighted by Crippen LogP contribution is -2.35. The molecule has 0 aromatic heterocycles. The van der Waals surface area contributed by atoms with E-state index >= 15 is 0 Å². The minimum atomic E-state index is 0.823. The van der Waals surface area contributed by atoms with Crippen LogP contribution in [-0.4, -0.2) is 19.1 Å². The average Bonchev–Trinajstić information content (AvgIpc) is 2.65. The monoisotopic (exact) mass is 238 g/mol. The van der Waals surface area contributed by atoms with Crippen LogP contribution in [0.25, 0.3) is 0 Å². The second-order valence-corrected chi connectivity index (χ2v) is 6.22. The van der Waals surface area contributed by atoms with E-state index in [0.717, 1.165) is 24.4 Å². The van der Waals surface area contributed by atoms with Crippen molar-refractivity contribution in [3.63, 3.8) is 0 Å². The fourth-order valence-corrected chi connectivity index (χ4v) is 3.49. The fraction of sp³-hybridized carbons (Fsp3) is 1.00. The van der Waals surface area contributed by atoms with Gasteiger partial charge in [-0.05, 0) is 63.5 Å². The summed E-state index contributed by atoms with van der Waals surface area (Å²) in [7, 11) is 0. The van der Waals surface area contributed by atoms with Crippen molar-refractivity contribution >= 4 is 0 Å². The van der Waals surface area contributed by atoms with Crippen LogP contribution in [-0.2, 0) is 0 Å². The molecule has 0 atom stereocenters. The molecule has 2 nitrogen and oxygen atoms in total. The van der Waals surface area contributed by atoms with Crippen LogP contribution in [0, 0.1) is 11.8 Å². The van der Waals surface area contributed by atoms with Crippen molar-refractivity contribution in [1.82, 2.24) is 5.32 Å². The summed E-state index contributed by atoms with van der Waals surface area (Å²) in [6.45, 7) is 2.17. The highest BCUT2D eigenvalue weighted by Gasteiger charge is 2.21. The summed E-state index contributed by atoms with van der Waals surface area (Å²) < 4.78 is 0. The molecule has 2 fully saturated rings. The number of nitrogens with two attached hydrogens (primary N) is 1. The SMILES string of the molecule is NCC1CCC(CNC2CCCCCC2)CC1. The first kappa shape index (κ1) is 13.4. The van der Waals surface area contributed by atoms with Gasteiger partial charge in [0.25, 0.3) is 0 Å². The van der Waals surface area contributed by atoms with Gasteiger partial charge in [-0.1, -0.05) is 25.7 Å². The molecule has 0 amide bonds. The van der Waals surface area contributed by atoms with Gasteiger partial charge in [-0.2, -0.15) is 0 Å². The predicted molar refractivity (Wildman–Crippen MR) is 74.0 cm³/mol. The van der Waals surface area contributed by atoms with Gasteiger partial charge < -0.3 is 11.1 Å². The highest BCUT2D eigenvalue weighted by Crippen LogP contribution is 2.28. The zero-order valence-corrected chi connectivity index (χ0v) is 11.3. The molecule has 0 spiro atoms. The normalized spacial score (nSPS) is 32.3. The minimum Gasteiger partial charge on any atom is -0.330 e. The van der Waals surface area contributed by atoms with Crippen molar-refractivity contribution in [2.75, 3.05) is 13.1 Å². The van der Waals surface area contributed by atoms with Crippen molar-refractivity contribution in [3.8, 4) is 0 Å². The molecule has 0 radical (unpaired) electrons. The van der Waals surface area contributed by atoms with Crippen molar-refractivity contribution < 1.29 is 0 Å². The lowest BCUT2D eigenvalue weighted by Gasteiger charge is -2.29. The Morgan fingerprint density at radius 3 is 1.94 bits per heavy atom. The van der Waals surface area contributed by atoms with E-state index < -0.39 is 0 Å². The number of rotatable bonds is 4. The average molecular weight is 238 g/mol. The summed E-state index contributed by atoms with van der Waals surface area (Å²) in [5.74, 6) is 1.75. The van der Waals surface area contributed by atoms with Crippen molar-refractivity contribution in [3.05, 3.63) is 0 Å². The van der Waals surface area contributed by atoms with Crippen molar-refractivity contribution in [2.45, 2.75) is 70.3 Å². The molecule has 0 aromatic carbocycles. The molecule has 2 rings (SSSR count). The molecule has 2 aliphatic carbocycles. The van der Waals surface area contributed by atoms with Gasteiger partial charge in [0.2, 0.25) is 0 Å². The van der Waals surface area contributed by atoms with Gasteiger partial charge >= 0.3 is 0 Å². The van der Waals surface area contributed by atoms with Crippen LogP contribution < -0.4 is 11.1 Å². The van der Waals surface area contributed by atoms with E-state index in [1.807, 2.05) is 0 Å². The lowest BCUT2D eigenvalue weighted by atomic mass is 9.82. The van der Waals surface area contributed by atoms with Crippen LogP contribution in [0.1, 0.15) is 64.2 Å². The minimum absolute atomic E-state index is 0.823. The summed E-state index contributed by atoms with van der Waals surface area (Å²) >= 11 is 0. The second kappa shape index (κ2) is 7.38. The third-order valence-electron chi connectivity index (χ3n) is 4.85. The maximum Gasteiger partial charge on any atom is 0.00671 e. The van der Waals surface area contributed by atoms with Gasteiger partial charge in [0, 0.05) is 6.04 Å². The first-order valence-electron chi connectivity index (χ1n) is 7.82. The van der Waals surface area contributed by atoms with E-state index in [1.54, 1.807) is 0 Å². The van der Waals surface area contributed by atoms with Gasteiger partial charge in [0.15, 0.2) is 0 Å². The molecule has 0 saturated heterocycles. The van der Waals surface area contributed by atoms with Gasteiger partial charge in [0.05, 0.1) is 0 Å². The summed E-state index contributed by atoms with van der Waals surface area (Å²) in [5.41, 5.74) is 5.74. The topological polar surface area (TPSA) is 38.0 Å². The van der Waals surface area contributed by atoms with Crippen LogP contribution in [0.4, 0.5) is 0 Å². The Kier molecular flexibility index (Phi) is 5.79. The van der Waals surface area contributed by atoms with E-state index in [9.17, 15) is 0 Å². The Bertz CT molecular complexity index is 189. The fourth-order valence-electron chi connectivity index (χ4n) is 3.49. The zero-order valence-electron chi connectivity index (χ0n) is 11.3. The van der Waals surface area contributed by atoms with E-state index in [2.05, 4.69) is 5.32 Å². The summed E-state index contributed by atoms with van der Waals surface area (Å²) in [5, 5.41) is 3.83. The van der Waals surface area contributed by atoms with Gasteiger partial charge in [-0.15, -0.1) is 0 Å². The van der Waals surface area contributed by atoms with Crippen LogP contribution in [0.3, 0.4) is 0 Å².